The number of alkyl halides is 1. The Balaban J connectivity index is 1.62. The number of nitrogens with one attached hydrogen (secondary N) is 1. The first-order chi connectivity index (χ1) is 11.3. The molecule has 1 heterocycles. The molecule has 1 aromatic heterocycles. The Hall–Kier alpha value is -1.97. The molecule has 0 unspecified atom stereocenters. The summed E-state index contributed by atoms with van der Waals surface area (Å²) in [6.07, 6.45) is 6.56. The first kappa shape index (κ1) is 15.9. The van der Waals surface area contributed by atoms with Crippen LogP contribution in [0, 0.1) is 6.92 Å². The third-order valence-corrected chi connectivity index (χ3v) is 4.84. The number of halogens is 1. The highest BCUT2D eigenvalue weighted by Crippen LogP contribution is 2.34. The van der Waals surface area contributed by atoms with Crippen LogP contribution < -0.4 is 5.32 Å². The highest BCUT2D eigenvalue weighted by atomic mass is 19.1. The number of aryl methyl sites for hydroxylation is 1. The molecule has 0 radical (unpaired) electrons. The average Bonchev–Trinajstić information content (AvgIpc) is 2.59. The minimum atomic E-state index is -0.371. The molecule has 0 amide bonds. The van der Waals surface area contributed by atoms with Gasteiger partial charge in [0.05, 0.1) is 6.67 Å². The number of rotatable bonds is 5. The maximum atomic E-state index is 12.8. The smallest absolute Gasteiger partial charge is 0.133 e. The molecule has 1 saturated carbocycles. The van der Waals surface area contributed by atoms with Crippen molar-refractivity contribution in [2.24, 2.45) is 0 Å². The Morgan fingerprint density at radius 1 is 1.09 bits per heavy atom. The van der Waals surface area contributed by atoms with Crippen molar-refractivity contribution in [2.45, 2.75) is 51.0 Å². The molecule has 0 atom stereocenters. The van der Waals surface area contributed by atoms with Gasteiger partial charge in [-0.25, -0.2) is 9.97 Å². The SMILES string of the molecule is Cc1ncnc(NC2CCC(c3ccccc3)CC2)c1CCF. The minimum Gasteiger partial charge on any atom is -0.367 e. The van der Waals surface area contributed by atoms with E-state index in [1.807, 2.05) is 6.92 Å². The summed E-state index contributed by atoms with van der Waals surface area (Å²) >= 11 is 0. The predicted octanol–water partition coefficient (Wildman–Crippen LogP) is 4.44. The van der Waals surface area contributed by atoms with Gasteiger partial charge in [-0.05, 0) is 44.1 Å². The van der Waals surface area contributed by atoms with Crippen LogP contribution in [0.25, 0.3) is 0 Å². The van der Waals surface area contributed by atoms with Gasteiger partial charge in [0.2, 0.25) is 0 Å². The standard InChI is InChI=1S/C19H24FN3/c1-14-18(11-12-20)19(22-13-21-14)23-17-9-7-16(8-10-17)15-5-3-2-4-6-15/h2-6,13,16-17H,7-12H2,1H3,(H,21,22,23). The van der Waals surface area contributed by atoms with Crippen LogP contribution in [0.3, 0.4) is 0 Å². The van der Waals surface area contributed by atoms with Crippen LogP contribution in [0.2, 0.25) is 0 Å². The molecule has 0 bridgehead atoms. The molecular formula is C19H24FN3. The number of hydrogen-bond acceptors (Lipinski definition) is 3. The zero-order valence-corrected chi connectivity index (χ0v) is 13.6. The lowest BCUT2D eigenvalue weighted by atomic mass is 9.82. The van der Waals surface area contributed by atoms with E-state index in [1.54, 1.807) is 6.33 Å². The largest absolute Gasteiger partial charge is 0.367 e. The van der Waals surface area contributed by atoms with E-state index in [-0.39, 0.29) is 6.67 Å². The van der Waals surface area contributed by atoms with Crippen LogP contribution in [0.4, 0.5) is 10.2 Å². The molecule has 1 aliphatic rings. The molecule has 1 aromatic carbocycles. The Morgan fingerprint density at radius 3 is 2.52 bits per heavy atom. The topological polar surface area (TPSA) is 37.8 Å². The van der Waals surface area contributed by atoms with Crippen molar-refractivity contribution in [1.82, 2.24) is 9.97 Å². The third kappa shape index (κ3) is 3.87. The van der Waals surface area contributed by atoms with Crippen molar-refractivity contribution in [1.29, 1.82) is 0 Å². The highest BCUT2D eigenvalue weighted by molar-refractivity contribution is 5.46. The summed E-state index contributed by atoms with van der Waals surface area (Å²) in [5, 5.41) is 3.53. The van der Waals surface area contributed by atoms with E-state index in [9.17, 15) is 4.39 Å². The van der Waals surface area contributed by atoms with Gasteiger partial charge in [0.25, 0.3) is 0 Å². The Labute approximate surface area is 137 Å². The lowest BCUT2D eigenvalue weighted by Crippen LogP contribution is -2.26. The molecular weight excluding hydrogens is 289 g/mol. The molecule has 3 rings (SSSR count). The summed E-state index contributed by atoms with van der Waals surface area (Å²) in [4.78, 5) is 8.53. The summed E-state index contributed by atoms with van der Waals surface area (Å²) < 4.78 is 12.8. The zero-order valence-electron chi connectivity index (χ0n) is 13.6. The van der Waals surface area contributed by atoms with Crippen molar-refractivity contribution >= 4 is 5.82 Å². The third-order valence-electron chi connectivity index (χ3n) is 4.84. The van der Waals surface area contributed by atoms with E-state index in [4.69, 9.17) is 0 Å². The molecule has 23 heavy (non-hydrogen) atoms. The van der Waals surface area contributed by atoms with Gasteiger partial charge in [0, 0.05) is 23.7 Å². The molecule has 0 spiro atoms. The molecule has 1 fully saturated rings. The Bertz CT molecular complexity index is 622. The van der Waals surface area contributed by atoms with Gasteiger partial charge in [0.15, 0.2) is 0 Å². The van der Waals surface area contributed by atoms with E-state index in [0.29, 0.717) is 18.4 Å². The molecule has 0 aliphatic heterocycles. The van der Waals surface area contributed by atoms with Crippen molar-refractivity contribution in [3.05, 3.63) is 53.5 Å². The molecule has 4 heteroatoms. The number of nitrogens with zero attached hydrogens (tertiary/aromatic N) is 2. The second kappa shape index (κ2) is 7.53. The number of benzene rings is 1. The van der Waals surface area contributed by atoms with Gasteiger partial charge in [-0.2, -0.15) is 0 Å². The number of hydrogen-bond donors (Lipinski definition) is 1. The van der Waals surface area contributed by atoms with Gasteiger partial charge in [-0.15, -0.1) is 0 Å². The molecule has 1 N–H and O–H groups in total. The zero-order chi connectivity index (χ0) is 16.1. The van der Waals surface area contributed by atoms with Crippen LogP contribution in [0.15, 0.2) is 36.7 Å². The Kier molecular flexibility index (Phi) is 5.21. The quantitative estimate of drug-likeness (QED) is 0.887. The predicted molar refractivity (Wildman–Crippen MR) is 91.5 cm³/mol. The number of aromatic nitrogens is 2. The van der Waals surface area contributed by atoms with Crippen LogP contribution in [-0.2, 0) is 6.42 Å². The minimum absolute atomic E-state index is 0.371. The van der Waals surface area contributed by atoms with Gasteiger partial charge in [0.1, 0.15) is 12.1 Å². The van der Waals surface area contributed by atoms with Gasteiger partial charge >= 0.3 is 0 Å². The Morgan fingerprint density at radius 2 is 1.83 bits per heavy atom. The van der Waals surface area contributed by atoms with E-state index in [1.165, 1.54) is 18.4 Å². The fraction of sp³-hybridized carbons (Fsp3) is 0.474. The average molecular weight is 313 g/mol. The maximum Gasteiger partial charge on any atom is 0.133 e. The van der Waals surface area contributed by atoms with Crippen LogP contribution in [-0.4, -0.2) is 22.7 Å². The fourth-order valence-electron chi connectivity index (χ4n) is 3.51. The first-order valence-electron chi connectivity index (χ1n) is 8.46. The second-order valence-corrected chi connectivity index (χ2v) is 6.33. The number of anilines is 1. The molecule has 1 aliphatic carbocycles. The first-order valence-corrected chi connectivity index (χ1v) is 8.46. The van der Waals surface area contributed by atoms with Gasteiger partial charge in [-0.1, -0.05) is 30.3 Å². The summed E-state index contributed by atoms with van der Waals surface area (Å²) in [5.74, 6) is 1.48. The summed E-state index contributed by atoms with van der Waals surface area (Å²) in [6.45, 7) is 1.55. The highest BCUT2D eigenvalue weighted by Gasteiger charge is 2.23. The normalized spacial score (nSPS) is 21.1. The lowest BCUT2D eigenvalue weighted by molar-refractivity contribution is 0.411. The molecule has 2 aromatic rings. The van der Waals surface area contributed by atoms with Crippen molar-refractivity contribution in [3.63, 3.8) is 0 Å². The summed E-state index contributed by atoms with van der Waals surface area (Å²) in [5.41, 5.74) is 3.24. The van der Waals surface area contributed by atoms with Crippen LogP contribution in [0.5, 0.6) is 0 Å². The van der Waals surface area contributed by atoms with Crippen molar-refractivity contribution in [2.75, 3.05) is 12.0 Å². The van der Waals surface area contributed by atoms with Crippen molar-refractivity contribution in [3.8, 4) is 0 Å². The lowest BCUT2D eigenvalue weighted by Gasteiger charge is -2.30. The van der Waals surface area contributed by atoms with Gasteiger partial charge in [-0.3, -0.25) is 4.39 Å². The van der Waals surface area contributed by atoms with E-state index >= 15 is 0 Å². The maximum absolute atomic E-state index is 12.8. The van der Waals surface area contributed by atoms with Crippen LogP contribution >= 0.6 is 0 Å². The van der Waals surface area contributed by atoms with Gasteiger partial charge < -0.3 is 5.32 Å². The van der Waals surface area contributed by atoms with Crippen molar-refractivity contribution < 1.29 is 4.39 Å². The summed E-state index contributed by atoms with van der Waals surface area (Å²) in [6, 6.07) is 11.2. The molecule has 122 valence electrons. The molecule has 0 saturated heterocycles. The monoisotopic (exact) mass is 313 g/mol. The molecule has 3 nitrogen and oxygen atoms in total. The summed E-state index contributed by atoms with van der Waals surface area (Å²) in [7, 11) is 0. The van der Waals surface area contributed by atoms with E-state index in [0.717, 1.165) is 29.9 Å². The fourth-order valence-corrected chi connectivity index (χ4v) is 3.51. The second-order valence-electron chi connectivity index (χ2n) is 6.33. The van der Waals surface area contributed by atoms with E-state index < -0.39 is 0 Å². The van der Waals surface area contributed by atoms with Crippen LogP contribution in [0.1, 0.15) is 48.4 Å². The van der Waals surface area contributed by atoms with E-state index in [2.05, 4.69) is 45.6 Å².